The molecule has 2 atom stereocenters. The van der Waals surface area contributed by atoms with Gasteiger partial charge in [-0.15, -0.1) is 0 Å². The molecule has 1 aromatic rings. The van der Waals surface area contributed by atoms with Gasteiger partial charge in [0, 0.05) is 38.1 Å². The van der Waals surface area contributed by atoms with Crippen molar-refractivity contribution in [3.05, 3.63) is 23.8 Å². The van der Waals surface area contributed by atoms with Crippen molar-refractivity contribution in [3.63, 3.8) is 0 Å². The van der Waals surface area contributed by atoms with Gasteiger partial charge in [0.1, 0.15) is 0 Å². The van der Waals surface area contributed by atoms with Crippen molar-refractivity contribution in [1.82, 2.24) is 4.90 Å². The highest BCUT2D eigenvalue weighted by atomic mass is 32.2. The fraction of sp³-hybridized carbons (Fsp3) is 0.632. The van der Waals surface area contributed by atoms with Gasteiger partial charge in [-0.1, -0.05) is 0 Å². The van der Waals surface area contributed by atoms with Crippen LogP contribution in [-0.2, 0) is 20.8 Å². The minimum absolute atomic E-state index is 0.356. The summed E-state index contributed by atoms with van der Waals surface area (Å²) in [6.45, 7) is 1.85. The average molecular weight is 449 g/mol. The van der Waals surface area contributed by atoms with E-state index in [4.69, 9.17) is 4.74 Å². The van der Waals surface area contributed by atoms with E-state index < -0.39 is 38.9 Å². The maximum atomic E-state index is 13.7. The first-order valence-corrected chi connectivity index (χ1v) is 11.7. The second kappa shape index (κ2) is 8.62. The number of alkyl halides is 3. The number of morpholine rings is 1. The number of benzene rings is 1. The number of nitrogens with one attached hydrogen (secondary N) is 1. The summed E-state index contributed by atoms with van der Waals surface area (Å²) in [5, 5.41) is 1.62. The van der Waals surface area contributed by atoms with E-state index in [0.29, 0.717) is 51.3 Å². The molecule has 0 aromatic heterocycles. The molecule has 0 bridgehead atoms. The summed E-state index contributed by atoms with van der Waals surface area (Å²) in [5.74, 6) is 0. The first-order chi connectivity index (χ1) is 14.0. The lowest BCUT2D eigenvalue weighted by Crippen LogP contribution is -2.46. The summed E-state index contributed by atoms with van der Waals surface area (Å²) in [6, 6.07) is 2.46. The van der Waals surface area contributed by atoms with E-state index in [2.05, 4.69) is 5.32 Å². The number of hydrogen-bond acceptors (Lipinski definition) is 5. The van der Waals surface area contributed by atoms with E-state index in [9.17, 15) is 26.4 Å². The van der Waals surface area contributed by atoms with E-state index in [1.807, 2.05) is 0 Å². The zero-order valence-electron chi connectivity index (χ0n) is 16.9. The van der Waals surface area contributed by atoms with Crippen molar-refractivity contribution in [1.29, 1.82) is 0 Å². The first kappa shape index (κ1) is 22.7. The number of hydrogen-bond donors (Lipinski definition) is 1. The molecule has 1 saturated heterocycles. The summed E-state index contributed by atoms with van der Waals surface area (Å²) in [6.07, 6.45) is -1.98. The molecule has 1 saturated carbocycles. The van der Waals surface area contributed by atoms with Crippen LogP contribution in [-0.4, -0.2) is 70.2 Å². The maximum Gasteiger partial charge on any atom is 0.418 e. The van der Waals surface area contributed by atoms with Gasteiger partial charge >= 0.3 is 12.2 Å². The molecular formula is C19H26F3N3O4S. The molecule has 2 aliphatic rings. The summed E-state index contributed by atoms with van der Waals surface area (Å²) < 4.78 is 70.2. The topological polar surface area (TPSA) is 79.0 Å². The molecule has 1 aliphatic carbocycles. The highest BCUT2D eigenvalue weighted by Gasteiger charge is 2.40. The highest BCUT2D eigenvalue weighted by molar-refractivity contribution is 7.91. The SMILES string of the molecule is CN(C(=O)Nc1ccc(N2CCOCC2)cc1C(F)(F)F)[C@H]1CCC[C@@H]1S(C)(=O)=O. The summed E-state index contributed by atoms with van der Waals surface area (Å²) in [5.41, 5.74) is -0.894. The van der Waals surface area contributed by atoms with Gasteiger partial charge in [-0.3, -0.25) is 0 Å². The molecule has 1 heterocycles. The van der Waals surface area contributed by atoms with E-state index >= 15 is 0 Å². The number of sulfone groups is 1. The monoisotopic (exact) mass is 449 g/mol. The second-order valence-corrected chi connectivity index (χ2v) is 10.00. The van der Waals surface area contributed by atoms with Crippen LogP contribution < -0.4 is 10.2 Å². The van der Waals surface area contributed by atoms with Crippen molar-refractivity contribution >= 4 is 27.2 Å². The number of halogens is 3. The van der Waals surface area contributed by atoms with E-state index in [1.54, 1.807) is 4.90 Å². The van der Waals surface area contributed by atoms with Crippen molar-refractivity contribution in [2.75, 3.05) is 49.8 Å². The Balaban J connectivity index is 1.81. The number of urea groups is 1. The molecule has 2 fully saturated rings. The lowest BCUT2D eigenvalue weighted by molar-refractivity contribution is -0.136. The number of nitrogens with zero attached hydrogens (tertiary/aromatic N) is 2. The van der Waals surface area contributed by atoms with Gasteiger partial charge in [0.05, 0.1) is 29.7 Å². The highest BCUT2D eigenvalue weighted by Crippen LogP contribution is 2.38. The standard InChI is InChI=1S/C19H26F3N3O4S/c1-24(16-4-3-5-17(16)30(2,27)28)18(26)23-15-7-6-13(12-14(15)19(20,21)22)25-8-10-29-11-9-25/h6-7,12,16-17H,3-5,8-11H2,1-2H3,(H,23,26)/t16-,17-/m0/s1. The number of anilines is 2. The van der Waals surface area contributed by atoms with Gasteiger partial charge in [-0.2, -0.15) is 13.2 Å². The van der Waals surface area contributed by atoms with Gasteiger partial charge in [0.25, 0.3) is 0 Å². The summed E-state index contributed by atoms with van der Waals surface area (Å²) in [4.78, 5) is 15.7. The van der Waals surface area contributed by atoms with E-state index in [1.165, 1.54) is 24.1 Å². The smallest absolute Gasteiger partial charge is 0.378 e. The molecule has 2 amide bonds. The number of amides is 2. The molecule has 1 aliphatic heterocycles. The minimum Gasteiger partial charge on any atom is -0.378 e. The number of ether oxygens (including phenoxy) is 1. The second-order valence-electron chi connectivity index (χ2n) is 7.73. The third kappa shape index (κ3) is 5.00. The maximum absolute atomic E-state index is 13.7. The Morgan fingerprint density at radius 2 is 1.90 bits per heavy atom. The predicted molar refractivity (Wildman–Crippen MR) is 108 cm³/mol. The summed E-state index contributed by atoms with van der Waals surface area (Å²) >= 11 is 0. The van der Waals surface area contributed by atoms with Crippen LogP contribution in [0.3, 0.4) is 0 Å². The Hall–Kier alpha value is -2.01. The molecule has 7 nitrogen and oxygen atoms in total. The molecule has 0 radical (unpaired) electrons. The van der Waals surface area contributed by atoms with Crippen LogP contribution in [0.2, 0.25) is 0 Å². The quantitative estimate of drug-likeness (QED) is 0.765. The molecule has 0 unspecified atom stereocenters. The average Bonchev–Trinajstić information content (AvgIpc) is 3.18. The van der Waals surface area contributed by atoms with Gasteiger partial charge in [0.2, 0.25) is 0 Å². The Morgan fingerprint density at radius 3 is 2.50 bits per heavy atom. The van der Waals surface area contributed by atoms with Crippen LogP contribution >= 0.6 is 0 Å². The number of carbonyl (C=O) groups is 1. The van der Waals surface area contributed by atoms with Crippen LogP contribution in [0.1, 0.15) is 24.8 Å². The van der Waals surface area contributed by atoms with Crippen LogP contribution in [0.5, 0.6) is 0 Å². The largest absolute Gasteiger partial charge is 0.418 e. The normalized spacial score (nSPS) is 22.8. The van der Waals surface area contributed by atoms with Crippen molar-refractivity contribution < 1.29 is 31.1 Å². The van der Waals surface area contributed by atoms with Gasteiger partial charge in [-0.05, 0) is 37.5 Å². The zero-order chi connectivity index (χ0) is 22.1. The Morgan fingerprint density at radius 1 is 1.23 bits per heavy atom. The fourth-order valence-electron chi connectivity index (χ4n) is 4.10. The van der Waals surface area contributed by atoms with Crippen LogP contribution in [0.15, 0.2) is 18.2 Å². The lowest BCUT2D eigenvalue weighted by atomic mass is 10.1. The molecule has 168 valence electrons. The Bertz CT molecular complexity index is 886. The Labute approximate surface area is 174 Å². The van der Waals surface area contributed by atoms with Crippen LogP contribution in [0.4, 0.5) is 29.3 Å². The third-order valence-electron chi connectivity index (χ3n) is 5.71. The number of carbonyl (C=O) groups excluding carboxylic acids is 1. The van der Waals surface area contributed by atoms with Crippen molar-refractivity contribution in [2.45, 2.75) is 36.7 Å². The molecule has 1 aromatic carbocycles. The van der Waals surface area contributed by atoms with Crippen LogP contribution in [0.25, 0.3) is 0 Å². The van der Waals surface area contributed by atoms with Crippen molar-refractivity contribution in [3.8, 4) is 0 Å². The Kier molecular flexibility index (Phi) is 6.51. The minimum atomic E-state index is -4.66. The summed E-state index contributed by atoms with van der Waals surface area (Å²) in [7, 11) is -1.95. The zero-order valence-corrected chi connectivity index (χ0v) is 17.7. The first-order valence-electron chi connectivity index (χ1n) is 9.75. The van der Waals surface area contributed by atoms with E-state index in [-0.39, 0.29) is 5.69 Å². The van der Waals surface area contributed by atoms with E-state index in [0.717, 1.165) is 12.3 Å². The molecular weight excluding hydrogens is 423 g/mol. The van der Waals surface area contributed by atoms with Gasteiger partial charge in [0.15, 0.2) is 9.84 Å². The van der Waals surface area contributed by atoms with Crippen molar-refractivity contribution in [2.24, 2.45) is 0 Å². The fourth-order valence-corrected chi connectivity index (χ4v) is 5.58. The van der Waals surface area contributed by atoms with Gasteiger partial charge < -0.3 is 19.9 Å². The molecule has 0 spiro atoms. The molecule has 1 N–H and O–H groups in total. The third-order valence-corrected chi connectivity index (χ3v) is 7.36. The van der Waals surface area contributed by atoms with Gasteiger partial charge in [-0.25, -0.2) is 13.2 Å². The molecule has 3 rings (SSSR count). The van der Waals surface area contributed by atoms with Crippen LogP contribution in [0, 0.1) is 0 Å². The molecule has 11 heteroatoms. The number of rotatable bonds is 4. The predicted octanol–water partition coefficient (Wildman–Crippen LogP) is 2.97. The lowest BCUT2D eigenvalue weighted by Gasteiger charge is -2.31. The molecule has 30 heavy (non-hydrogen) atoms.